The zero-order valence-corrected chi connectivity index (χ0v) is 24.0. The van der Waals surface area contributed by atoms with Crippen molar-refractivity contribution in [3.63, 3.8) is 0 Å². The number of anilines is 1. The number of fused-ring (bicyclic) bond motifs is 1. The molecule has 5 atom stereocenters. The highest BCUT2D eigenvalue weighted by molar-refractivity contribution is 9.10. The van der Waals surface area contributed by atoms with E-state index in [0.717, 1.165) is 62.6 Å². The van der Waals surface area contributed by atoms with Crippen molar-refractivity contribution in [2.24, 2.45) is 11.8 Å². The van der Waals surface area contributed by atoms with Gasteiger partial charge in [-0.1, -0.05) is 60.2 Å². The fourth-order valence-electron chi connectivity index (χ4n) is 7.40. The summed E-state index contributed by atoms with van der Waals surface area (Å²) < 4.78 is 7.41. The smallest absolute Gasteiger partial charge is 0.246 e. The van der Waals surface area contributed by atoms with E-state index in [1.54, 1.807) is 4.90 Å². The van der Waals surface area contributed by atoms with Crippen LogP contribution in [0.5, 0.6) is 0 Å². The number of carbonyl (C=O) groups is 3. The number of halogens is 1. The maximum Gasteiger partial charge on any atom is 0.246 e. The summed E-state index contributed by atoms with van der Waals surface area (Å²) in [5, 5.41) is 6.26. The van der Waals surface area contributed by atoms with E-state index in [-0.39, 0.29) is 23.8 Å². The number of rotatable bonds is 7. The normalized spacial score (nSPS) is 32.7. The number of nitrogens with one attached hydrogen (secondary N) is 2. The first-order valence-electron chi connectivity index (χ1n) is 14.7. The van der Waals surface area contributed by atoms with Gasteiger partial charge in [-0.05, 0) is 63.0 Å². The Morgan fingerprint density at radius 1 is 0.949 bits per heavy atom. The first kappa shape index (κ1) is 27.0. The van der Waals surface area contributed by atoms with Crippen molar-refractivity contribution < 1.29 is 19.1 Å². The number of hydrogen-bond donors (Lipinski definition) is 2. The third kappa shape index (κ3) is 5.18. The molecule has 2 bridgehead atoms. The monoisotopic (exact) mass is 598 g/mol. The molecule has 39 heavy (non-hydrogen) atoms. The minimum absolute atomic E-state index is 0.128. The van der Waals surface area contributed by atoms with E-state index < -0.39 is 29.6 Å². The van der Waals surface area contributed by atoms with Gasteiger partial charge < -0.3 is 25.2 Å². The number of nitrogens with zero attached hydrogens (tertiary/aromatic N) is 2. The lowest BCUT2D eigenvalue weighted by atomic mass is 9.74. The molecular formula is C30H39BrN4O4. The van der Waals surface area contributed by atoms with E-state index in [0.29, 0.717) is 12.2 Å². The Balaban J connectivity index is 1.26. The molecule has 8 nitrogen and oxygen atoms in total. The van der Waals surface area contributed by atoms with Crippen LogP contribution in [-0.4, -0.2) is 77.5 Å². The van der Waals surface area contributed by atoms with Crippen LogP contribution in [0.3, 0.4) is 0 Å². The van der Waals surface area contributed by atoms with Gasteiger partial charge in [-0.25, -0.2) is 0 Å². The summed E-state index contributed by atoms with van der Waals surface area (Å²) in [5.74, 6) is -1.93. The van der Waals surface area contributed by atoms with Crippen molar-refractivity contribution in [1.29, 1.82) is 0 Å². The summed E-state index contributed by atoms with van der Waals surface area (Å²) in [6.45, 7) is 3.23. The zero-order valence-electron chi connectivity index (χ0n) is 22.4. The van der Waals surface area contributed by atoms with Crippen molar-refractivity contribution >= 4 is 39.3 Å². The Morgan fingerprint density at radius 2 is 1.64 bits per heavy atom. The summed E-state index contributed by atoms with van der Waals surface area (Å²) in [6, 6.07) is 6.74. The van der Waals surface area contributed by atoms with Gasteiger partial charge in [0.05, 0.1) is 17.9 Å². The first-order valence-corrected chi connectivity index (χ1v) is 15.5. The molecule has 9 heteroatoms. The van der Waals surface area contributed by atoms with Crippen LogP contribution in [0.15, 0.2) is 40.9 Å². The molecule has 1 aromatic carbocycles. The molecule has 4 heterocycles. The standard InChI is InChI=1S/C30H39BrN4O4/c31-20-10-12-22(13-11-20)32-27(36)24-23-14-15-30(39-23)25(24)29(38)35(19-18-34-16-6-1-2-7-17-34)26(30)28(37)33-21-8-4-3-5-9-21/h10-15,21,23-26H,1-9,16-19H2,(H,32,36)(H,33,37)/t23-,24+,25-,26+,30-/m0/s1. The van der Waals surface area contributed by atoms with E-state index in [1.165, 1.54) is 19.3 Å². The molecule has 1 spiro atoms. The quantitative estimate of drug-likeness (QED) is 0.465. The van der Waals surface area contributed by atoms with Crippen LogP contribution >= 0.6 is 15.9 Å². The van der Waals surface area contributed by atoms with E-state index in [4.69, 9.17) is 4.74 Å². The van der Waals surface area contributed by atoms with Crippen LogP contribution < -0.4 is 10.6 Å². The maximum atomic E-state index is 14.2. The van der Waals surface area contributed by atoms with Gasteiger partial charge in [0.25, 0.3) is 0 Å². The predicted octanol–water partition coefficient (Wildman–Crippen LogP) is 3.86. The molecule has 3 saturated heterocycles. The maximum absolute atomic E-state index is 14.2. The lowest BCUT2D eigenvalue weighted by molar-refractivity contribution is -0.141. The number of benzene rings is 1. The molecule has 4 aliphatic heterocycles. The van der Waals surface area contributed by atoms with Gasteiger partial charge >= 0.3 is 0 Å². The summed E-state index contributed by atoms with van der Waals surface area (Å²) in [5.41, 5.74) is -0.444. The molecule has 0 radical (unpaired) electrons. The third-order valence-corrected chi connectivity index (χ3v) is 9.87. The highest BCUT2D eigenvalue weighted by Crippen LogP contribution is 2.55. The highest BCUT2D eigenvalue weighted by atomic mass is 79.9. The highest BCUT2D eigenvalue weighted by Gasteiger charge is 2.72. The average Bonchev–Trinajstić information content (AvgIpc) is 3.48. The van der Waals surface area contributed by atoms with Crippen LogP contribution in [0.1, 0.15) is 57.8 Å². The third-order valence-electron chi connectivity index (χ3n) is 9.34. The van der Waals surface area contributed by atoms with Gasteiger partial charge in [0, 0.05) is 29.3 Å². The van der Waals surface area contributed by atoms with Gasteiger partial charge in [0.2, 0.25) is 17.7 Å². The van der Waals surface area contributed by atoms with Gasteiger partial charge in [-0.3, -0.25) is 14.4 Å². The van der Waals surface area contributed by atoms with Gasteiger partial charge in [0.15, 0.2) is 0 Å². The van der Waals surface area contributed by atoms with Gasteiger partial charge in [0.1, 0.15) is 11.6 Å². The Bertz CT molecular complexity index is 1110. The van der Waals surface area contributed by atoms with Crippen molar-refractivity contribution in [2.45, 2.75) is 81.6 Å². The van der Waals surface area contributed by atoms with Gasteiger partial charge in [-0.15, -0.1) is 0 Å². The molecule has 0 aromatic heterocycles. The Labute approximate surface area is 239 Å². The molecule has 1 aromatic rings. The average molecular weight is 600 g/mol. The second-order valence-corrected chi connectivity index (χ2v) is 12.7. The molecule has 2 N–H and O–H groups in total. The predicted molar refractivity (Wildman–Crippen MR) is 152 cm³/mol. The number of carbonyl (C=O) groups excluding carboxylic acids is 3. The summed E-state index contributed by atoms with van der Waals surface area (Å²) in [7, 11) is 0. The van der Waals surface area contributed by atoms with Crippen molar-refractivity contribution in [2.75, 3.05) is 31.5 Å². The van der Waals surface area contributed by atoms with Crippen molar-refractivity contribution in [3.05, 3.63) is 40.9 Å². The van der Waals surface area contributed by atoms with E-state index in [1.807, 2.05) is 36.4 Å². The SMILES string of the molecule is O=C(Nc1ccc(Br)cc1)[C@@H]1[C@@H]2C=C[C@]3(O2)[C@@H]1C(=O)N(CCN1CCCCCC1)[C@@H]3C(=O)NC1CCCCC1. The van der Waals surface area contributed by atoms with Crippen LogP contribution in [-0.2, 0) is 19.1 Å². The van der Waals surface area contributed by atoms with Crippen LogP contribution in [0.4, 0.5) is 5.69 Å². The second-order valence-electron chi connectivity index (χ2n) is 11.8. The summed E-state index contributed by atoms with van der Waals surface area (Å²) in [4.78, 5) is 45.9. The molecule has 0 unspecified atom stereocenters. The van der Waals surface area contributed by atoms with Crippen LogP contribution in [0.2, 0.25) is 0 Å². The lowest BCUT2D eigenvalue weighted by Crippen LogP contribution is -2.57. The van der Waals surface area contributed by atoms with E-state index in [9.17, 15) is 14.4 Å². The van der Waals surface area contributed by atoms with Crippen molar-refractivity contribution in [3.8, 4) is 0 Å². The Morgan fingerprint density at radius 3 is 2.36 bits per heavy atom. The minimum Gasteiger partial charge on any atom is -0.359 e. The molecule has 4 fully saturated rings. The Hall–Kier alpha value is -2.23. The zero-order chi connectivity index (χ0) is 27.0. The minimum atomic E-state index is -1.11. The fourth-order valence-corrected chi connectivity index (χ4v) is 7.67. The first-order chi connectivity index (χ1) is 19.0. The number of likely N-dealkylation sites (tertiary alicyclic amines) is 2. The summed E-state index contributed by atoms with van der Waals surface area (Å²) >= 11 is 3.42. The van der Waals surface area contributed by atoms with E-state index >= 15 is 0 Å². The van der Waals surface area contributed by atoms with Crippen molar-refractivity contribution in [1.82, 2.24) is 15.1 Å². The molecule has 1 aliphatic carbocycles. The van der Waals surface area contributed by atoms with Crippen LogP contribution in [0, 0.1) is 11.8 Å². The van der Waals surface area contributed by atoms with Crippen LogP contribution in [0.25, 0.3) is 0 Å². The second kappa shape index (κ2) is 11.3. The topological polar surface area (TPSA) is 91.0 Å². The molecule has 1 saturated carbocycles. The molecule has 210 valence electrons. The lowest BCUT2D eigenvalue weighted by Gasteiger charge is -2.35. The molecular weight excluding hydrogens is 560 g/mol. The number of ether oxygens (including phenoxy) is 1. The molecule has 3 amide bonds. The largest absolute Gasteiger partial charge is 0.359 e. The number of amides is 3. The summed E-state index contributed by atoms with van der Waals surface area (Å²) in [6.07, 6.45) is 13.4. The molecule has 6 rings (SSSR count). The van der Waals surface area contributed by atoms with E-state index in [2.05, 4.69) is 31.5 Å². The fraction of sp³-hybridized carbons (Fsp3) is 0.633. The van der Waals surface area contributed by atoms with Gasteiger partial charge in [-0.2, -0.15) is 0 Å². The molecule has 5 aliphatic rings. The Kier molecular flexibility index (Phi) is 7.84. The number of hydrogen-bond acceptors (Lipinski definition) is 5.